The van der Waals surface area contributed by atoms with Gasteiger partial charge in [-0.3, -0.25) is 0 Å². The van der Waals surface area contributed by atoms with Crippen molar-refractivity contribution < 1.29 is 5.11 Å². The van der Waals surface area contributed by atoms with E-state index in [9.17, 15) is 5.11 Å². The van der Waals surface area contributed by atoms with Gasteiger partial charge in [0.2, 0.25) is 0 Å². The minimum absolute atomic E-state index is 0.388. The molecule has 1 rings (SSSR count). The van der Waals surface area contributed by atoms with Crippen molar-refractivity contribution in [3.8, 4) is 5.75 Å². The second-order valence-corrected chi connectivity index (χ2v) is 3.34. The number of phenols is 1. The molecule has 0 aliphatic rings. The highest BCUT2D eigenvalue weighted by molar-refractivity contribution is 5.30. The van der Waals surface area contributed by atoms with Crippen molar-refractivity contribution in [1.29, 1.82) is 0 Å². The lowest BCUT2D eigenvalue weighted by molar-refractivity contribution is 0.466. The van der Waals surface area contributed by atoms with Gasteiger partial charge in [0.25, 0.3) is 0 Å². The molecule has 1 aromatic rings. The Morgan fingerprint density at radius 3 is 2.85 bits per heavy atom. The average Bonchev–Trinajstić information content (AvgIpc) is 2.15. The van der Waals surface area contributed by atoms with Gasteiger partial charge in [-0.25, -0.2) is 0 Å². The van der Waals surface area contributed by atoms with Crippen LogP contribution in [0.2, 0.25) is 0 Å². The molecule has 0 saturated heterocycles. The third-order valence-corrected chi connectivity index (χ3v) is 2.20. The van der Waals surface area contributed by atoms with Crippen LogP contribution in [0.5, 0.6) is 5.75 Å². The lowest BCUT2D eigenvalue weighted by atomic mass is 10.1. The molecule has 0 unspecified atom stereocenters. The highest BCUT2D eigenvalue weighted by Crippen LogP contribution is 2.17. The molecule has 1 radical (unpaired) electrons. The summed E-state index contributed by atoms with van der Waals surface area (Å²) in [6.45, 7) is 2.20. The van der Waals surface area contributed by atoms with Gasteiger partial charge >= 0.3 is 0 Å². The van der Waals surface area contributed by atoms with E-state index in [0.717, 1.165) is 18.4 Å². The van der Waals surface area contributed by atoms with Crippen LogP contribution in [0.1, 0.15) is 38.2 Å². The van der Waals surface area contributed by atoms with Crippen LogP contribution in [0.3, 0.4) is 0 Å². The number of hydrogen-bond acceptors (Lipinski definition) is 1. The largest absolute Gasteiger partial charge is 0.508 e. The molecule has 0 aromatic heterocycles. The number of rotatable bonds is 5. The van der Waals surface area contributed by atoms with Crippen LogP contribution in [0, 0.1) is 6.07 Å². The quantitative estimate of drug-likeness (QED) is 0.684. The molecule has 0 aliphatic carbocycles. The third kappa shape index (κ3) is 3.49. The minimum atomic E-state index is 0.388. The normalized spacial score (nSPS) is 10.2. The van der Waals surface area contributed by atoms with E-state index in [0.29, 0.717) is 5.75 Å². The maximum Gasteiger partial charge on any atom is 0.119 e. The molecule has 0 amide bonds. The number of phenolic OH excluding ortho intramolecular Hbond substituents is 1. The number of hydrogen-bond donors (Lipinski definition) is 1. The molecule has 1 aromatic carbocycles. The molecule has 0 fully saturated rings. The predicted octanol–water partition coefficient (Wildman–Crippen LogP) is 3.32. The molecule has 0 bridgehead atoms. The Morgan fingerprint density at radius 2 is 2.15 bits per heavy atom. The van der Waals surface area contributed by atoms with E-state index in [2.05, 4.69) is 13.0 Å². The molecule has 1 nitrogen and oxygen atoms in total. The van der Waals surface area contributed by atoms with Gasteiger partial charge in [-0.15, -0.1) is 0 Å². The fourth-order valence-electron chi connectivity index (χ4n) is 1.39. The third-order valence-electron chi connectivity index (χ3n) is 2.20. The first-order valence-corrected chi connectivity index (χ1v) is 5.03. The van der Waals surface area contributed by atoms with Gasteiger partial charge in [-0.2, -0.15) is 0 Å². The molecule has 0 aliphatic heterocycles. The van der Waals surface area contributed by atoms with Crippen LogP contribution < -0.4 is 0 Å². The van der Waals surface area contributed by atoms with Crippen LogP contribution in [0.4, 0.5) is 0 Å². The minimum Gasteiger partial charge on any atom is -0.508 e. The van der Waals surface area contributed by atoms with Crippen molar-refractivity contribution in [2.24, 2.45) is 0 Å². The van der Waals surface area contributed by atoms with Crippen LogP contribution in [0.15, 0.2) is 18.2 Å². The van der Waals surface area contributed by atoms with Crippen molar-refractivity contribution in [2.75, 3.05) is 0 Å². The smallest absolute Gasteiger partial charge is 0.119 e. The molecule has 71 valence electrons. The molecule has 0 atom stereocenters. The summed E-state index contributed by atoms with van der Waals surface area (Å²) in [4.78, 5) is 0. The molecule has 0 heterocycles. The summed E-state index contributed by atoms with van der Waals surface area (Å²) >= 11 is 0. The van der Waals surface area contributed by atoms with Gasteiger partial charge < -0.3 is 5.11 Å². The van der Waals surface area contributed by atoms with Gasteiger partial charge in [-0.05, 0) is 25.0 Å². The zero-order valence-electron chi connectivity index (χ0n) is 8.21. The summed E-state index contributed by atoms with van der Waals surface area (Å²) in [5.41, 5.74) is 0.957. The summed E-state index contributed by atoms with van der Waals surface area (Å²) < 4.78 is 0. The van der Waals surface area contributed by atoms with E-state index in [1.165, 1.54) is 19.3 Å². The number of aryl methyl sites for hydroxylation is 1. The van der Waals surface area contributed by atoms with Crippen LogP contribution in [0.25, 0.3) is 0 Å². The van der Waals surface area contributed by atoms with Crippen molar-refractivity contribution in [2.45, 2.75) is 39.0 Å². The molecule has 0 saturated carbocycles. The second kappa shape index (κ2) is 5.63. The maximum absolute atomic E-state index is 9.44. The first kappa shape index (κ1) is 10.1. The van der Waals surface area contributed by atoms with Crippen LogP contribution >= 0.6 is 0 Å². The van der Waals surface area contributed by atoms with E-state index < -0.39 is 0 Å². The molecule has 13 heavy (non-hydrogen) atoms. The van der Waals surface area contributed by atoms with Crippen molar-refractivity contribution in [3.63, 3.8) is 0 Å². The molecular weight excluding hydrogens is 160 g/mol. The Labute approximate surface area is 80.4 Å². The lowest BCUT2D eigenvalue weighted by Crippen LogP contribution is -1.86. The van der Waals surface area contributed by atoms with Crippen LogP contribution in [-0.2, 0) is 6.42 Å². The van der Waals surface area contributed by atoms with E-state index >= 15 is 0 Å². The Morgan fingerprint density at radius 1 is 1.31 bits per heavy atom. The van der Waals surface area contributed by atoms with Gasteiger partial charge in [0.05, 0.1) is 0 Å². The average molecular weight is 177 g/mol. The highest BCUT2D eigenvalue weighted by Gasteiger charge is 1.98. The van der Waals surface area contributed by atoms with E-state index in [4.69, 9.17) is 0 Å². The van der Waals surface area contributed by atoms with Crippen molar-refractivity contribution >= 4 is 0 Å². The fourth-order valence-corrected chi connectivity index (χ4v) is 1.39. The van der Waals surface area contributed by atoms with Crippen molar-refractivity contribution in [1.82, 2.24) is 0 Å². The summed E-state index contributed by atoms with van der Waals surface area (Å²) in [5.74, 6) is 0.388. The van der Waals surface area contributed by atoms with Gasteiger partial charge in [0.15, 0.2) is 0 Å². The topological polar surface area (TPSA) is 20.2 Å². The molecule has 1 heteroatoms. The lowest BCUT2D eigenvalue weighted by Gasteiger charge is -2.02. The number of aromatic hydroxyl groups is 1. The van der Waals surface area contributed by atoms with Gasteiger partial charge in [0.1, 0.15) is 5.75 Å². The number of unbranched alkanes of at least 4 members (excludes halogenated alkanes) is 3. The monoisotopic (exact) mass is 177 g/mol. The molecule has 0 spiro atoms. The van der Waals surface area contributed by atoms with E-state index in [1.807, 2.05) is 12.1 Å². The fraction of sp³-hybridized carbons (Fsp3) is 0.500. The first-order valence-electron chi connectivity index (χ1n) is 5.03. The van der Waals surface area contributed by atoms with Crippen molar-refractivity contribution in [3.05, 3.63) is 29.8 Å². The zero-order valence-corrected chi connectivity index (χ0v) is 8.21. The number of benzene rings is 1. The first-order chi connectivity index (χ1) is 6.34. The predicted molar refractivity (Wildman–Crippen MR) is 54.8 cm³/mol. The highest BCUT2D eigenvalue weighted by atomic mass is 16.3. The zero-order chi connectivity index (χ0) is 9.52. The van der Waals surface area contributed by atoms with Gasteiger partial charge in [-0.1, -0.05) is 38.3 Å². The summed E-state index contributed by atoms with van der Waals surface area (Å²) in [7, 11) is 0. The molecular formula is C12H17O. The Balaban J connectivity index is 2.32. The maximum atomic E-state index is 9.44. The molecule has 1 N–H and O–H groups in total. The SMILES string of the molecule is CCCCCCc1[c]cccc1O. The summed E-state index contributed by atoms with van der Waals surface area (Å²) in [5, 5.41) is 9.44. The summed E-state index contributed by atoms with van der Waals surface area (Å²) in [6, 6.07) is 8.46. The second-order valence-electron chi connectivity index (χ2n) is 3.34. The van der Waals surface area contributed by atoms with Gasteiger partial charge in [0, 0.05) is 5.56 Å². The standard InChI is InChI=1S/C12H17O/c1-2-3-4-5-8-11-9-6-7-10-12(11)13/h6-7,10,13H,2-5,8H2,1H3. The van der Waals surface area contributed by atoms with E-state index in [1.54, 1.807) is 6.07 Å². The Kier molecular flexibility index (Phi) is 4.37. The van der Waals surface area contributed by atoms with Crippen LogP contribution in [-0.4, -0.2) is 5.11 Å². The van der Waals surface area contributed by atoms with E-state index in [-0.39, 0.29) is 0 Å². The summed E-state index contributed by atoms with van der Waals surface area (Å²) in [6.07, 6.45) is 5.89. The Bertz CT molecular complexity index is 243. The Hall–Kier alpha value is -0.980.